The van der Waals surface area contributed by atoms with E-state index in [0.29, 0.717) is 18.0 Å². The van der Waals surface area contributed by atoms with Crippen molar-refractivity contribution in [3.63, 3.8) is 0 Å². The number of hydrogen-bond donors (Lipinski definition) is 1. The van der Waals surface area contributed by atoms with E-state index in [0.717, 1.165) is 35.4 Å². The molecule has 1 amide bonds. The molecule has 0 aromatic heterocycles. The van der Waals surface area contributed by atoms with Gasteiger partial charge < -0.3 is 10.1 Å². The Kier molecular flexibility index (Phi) is 7.82. The standard InChI is InChI=1S/C25H34N2O4S/c1-5-24(21-12-11-19-9-7-8-10-20(19)17-21)26-25(28)18(3)27(32(4,29)30)22-13-15-23(16-14-22)31-6-2/h11-18,24H,5-10H2,1-4H3,(H,26,28)/t18-,24-/m1/s1. The minimum atomic E-state index is -3.67. The summed E-state index contributed by atoms with van der Waals surface area (Å²) in [7, 11) is -3.67. The maximum atomic E-state index is 13.2. The maximum absolute atomic E-state index is 13.2. The van der Waals surface area contributed by atoms with Gasteiger partial charge in [-0.1, -0.05) is 25.1 Å². The zero-order valence-corrected chi connectivity index (χ0v) is 20.2. The largest absolute Gasteiger partial charge is 0.494 e. The van der Waals surface area contributed by atoms with Crippen LogP contribution in [0.5, 0.6) is 5.75 Å². The van der Waals surface area contributed by atoms with Gasteiger partial charge in [0.25, 0.3) is 0 Å². The van der Waals surface area contributed by atoms with Crippen molar-refractivity contribution in [1.29, 1.82) is 0 Å². The zero-order valence-electron chi connectivity index (χ0n) is 19.4. The van der Waals surface area contributed by atoms with E-state index in [4.69, 9.17) is 4.74 Å². The Morgan fingerprint density at radius 2 is 1.72 bits per heavy atom. The fourth-order valence-corrected chi connectivity index (χ4v) is 5.52. The number of nitrogens with one attached hydrogen (secondary N) is 1. The van der Waals surface area contributed by atoms with Gasteiger partial charge in [-0.05, 0) is 86.9 Å². The van der Waals surface area contributed by atoms with E-state index in [9.17, 15) is 13.2 Å². The number of benzene rings is 2. The molecule has 0 fully saturated rings. The summed E-state index contributed by atoms with van der Waals surface area (Å²) >= 11 is 0. The Labute approximate surface area is 192 Å². The van der Waals surface area contributed by atoms with Crippen LogP contribution in [0.2, 0.25) is 0 Å². The number of rotatable bonds is 9. The molecule has 0 bridgehead atoms. The van der Waals surface area contributed by atoms with Crippen LogP contribution in [0, 0.1) is 0 Å². The van der Waals surface area contributed by atoms with E-state index in [-0.39, 0.29) is 11.9 Å². The second-order valence-corrected chi connectivity index (χ2v) is 10.2. The van der Waals surface area contributed by atoms with Crippen molar-refractivity contribution in [3.05, 3.63) is 59.2 Å². The average Bonchev–Trinajstić information content (AvgIpc) is 2.77. The van der Waals surface area contributed by atoms with Gasteiger partial charge in [-0.2, -0.15) is 0 Å². The minimum Gasteiger partial charge on any atom is -0.494 e. The molecular formula is C25H34N2O4S. The summed E-state index contributed by atoms with van der Waals surface area (Å²) in [6.07, 6.45) is 6.45. The Morgan fingerprint density at radius 1 is 1.06 bits per heavy atom. The first-order chi connectivity index (χ1) is 15.2. The molecule has 0 saturated carbocycles. The number of hydrogen-bond acceptors (Lipinski definition) is 4. The molecule has 32 heavy (non-hydrogen) atoms. The van der Waals surface area contributed by atoms with Crippen LogP contribution in [-0.4, -0.2) is 33.2 Å². The van der Waals surface area contributed by atoms with Crippen molar-refractivity contribution in [2.75, 3.05) is 17.2 Å². The van der Waals surface area contributed by atoms with Crippen LogP contribution in [0.4, 0.5) is 5.69 Å². The molecule has 0 heterocycles. The third-order valence-corrected chi connectivity index (χ3v) is 7.23. The summed E-state index contributed by atoms with van der Waals surface area (Å²) in [5, 5.41) is 3.07. The molecule has 1 aliphatic carbocycles. The monoisotopic (exact) mass is 458 g/mol. The molecule has 2 aromatic carbocycles. The summed E-state index contributed by atoms with van der Waals surface area (Å²) in [4.78, 5) is 13.2. The number of ether oxygens (including phenoxy) is 1. The van der Waals surface area contributed by atoms with Crippen molar-refractivity contribution in [2.24, 2.45) is 0 Å². The topological polar surface area (TPSA) is 75.7 Å². The molecule has 0 unspecified atom stereocenters. The van der Waals surface area contributed by atoms with Crippen LogP contribution >= 0.6 is 0 Å². The Bertz CT molecular complexity index is 1030. The smallest absolute Gasteiger partial charge is 0.244 e. The lowest BCUT2D eigenvalue weighted by Gasteiger charge is -2.30. The molecule has 0 radical (unpaired) electrons. The number of aryl methyl sites for hydroxylation is 2. The van der Waals surface area contributed by atoms with Crippen molar-refractivity contribution >= 4 is 21.6 Å². The predicted molar refractivity (Wildman–Crippen MR) is 129 cm³/mol. The quantitative estimate of drug-likeness (QED) is 0.605. The molecule has 2 atom stereocenters. The van der Waals surface area contributed by atoms with Gasteiger partial charge in [0.1, 0.15) is 11.8 Å². The SMILES string of the molecule is CCOc1ccc(N([C@H](C)C(=O)N[C@H](CC)c2ccc3c(c2)CCCC3)S(C)(=O)=O)cc1. The predicted octanol–water partition coefficient (Wildman–Crippen LogP) is 4.39. The summed E-state index contributed by atoms with van der Waals surface area (Å²) in [6, 6.07) is 12.2. The van der Waals surface area contributed by atoms with Crippen LogP contribution in [0.15, 0.2) is 42.5 Å². The first-order valence-corrected chi connectivity index (χ1v) is 13.2. The van der Waals surface area contributed by atoms with E-state index in [1.54, 1.807) is 31.2 Å². The lowest BCUT2D eigenvalue weighted by Crippen LogP contribution is -2.48. The van der Waals surface area contributed by atoms with Gasteiger partial charge in [0.05, 0.1) is 24.6 Å². The molecule has 0 saturated heterocycles. The summed E-state index contributed by atoms with van der Waals surface area (Å²) in [5.74, 6) is 0.328. The zero-order chi connectivity index (χ0) is 23.3. The number of carbonyl (C=O) groups excluding carboxylic acids is 1. The second-order valence-electron chi connectivity index (χ2n) is 8.37. The van der Waals surface area contributed by atoms with Crippen LogP contribution in [0.25, 0.3) is 0 Å². The summed E-state index contributed by atoms with van der Waals surface area (Å²) in [6.45, 7) is 6.05. The number of nitrogens with zero attached hydrogens (tertiary/aromatic N) is 1. The molecule has 6 nitrogen and oxygen atoms in total. The fraction of sp³-hybridized carbons (Fsp3) is 0.480. The van der Waals surface area contributed by atoms with E-state index in [1.165, 1.54) is 24.0 Å². The van der Waals surface area contributed by atoms with Crippen molar-refractivity contribution in [2.45, 2.75) is 65.0 Å². The van der Waals surface area contributed by atoms with Crippen molar-refractivity contribution in [1.82, 2.24) is 5.32 Å². The highest BCUT2D eigenvalue weighted by Crippen LogP contribution is 2.27. The first-order valence-electron chi connectivity index (χ1n) is 11.4. The Morgan fingerprint density at radius 3 is 2.31 bits per heavy atom. The number of fused-ring (bicyclic) bond motifs is 1. The molecule has 3 rings (SSSR count). The van der Waals surface area contributed by atoms with Crippen LogP contribution in [0.1, 0.15) is 62.8 Å². The first kappa shape index (κ1) is 24.1. The fourth-order valence-electron chi connectivity index (χ4n) is 4.35. The molecule has 174 valence electrons. The molecule has 2 aromatic rings. The summed E-state index contributed by atoms with van der Waals surface area (Å²) in [5.41, 5.74) is 4.26. The normalized spacial score (nSPS) is 15.4. The number of sulfonamides is 1. The Hall–Kier alpha value is -2.54. The molecule has 7 heteroatoms. The highest BCUT2D eigenvalue weighted by molar-refractivity contribution is 7.92. The van der Waals surface area contributed by atoms with Gasteiger partial charge in [-0.3, -0.25) is 9.10 Å². The van der Waals surface area contributed by atoms with E-state index < -0.39 is 16.1 Å². The van der Waals surface area contributed by atoms with Crippen LogP contribution < -0.4 is 14.4 Å². The van der Waals surface area contributed by atoms with Gasteiger partial charge >= 0.3 is 0 Å². The van der Waals surface area contributed by atoms with E-state index in [2.05, 4.69) is 23.5 Å². The molecule has 1 aliphatic rings. The number of anilines is 1. The molecular weight excluding hydrogens is 424 g/mol. The minimum absolute atomic E-state index is 0.168. The second kappa shape index (κ2) is 10.4. The molecule has 1 N–H and O–H groups in total. The number of carbonyl (C=O) groups is 1. The van der Waals surface area contributed by atoms with Gasteiger partial charge in [0.2, 0.25) is 15.9 Å². The average molecular weight is 459 g/mol. The Balaban J connectivity index is 1.80. The third kappa shape index (κ3) is 5.63. The van der Waals surface area contributed by atoms with E-state index in [1.807, 2.05) is 13.8 Å². The van der Waals surface area contributed by atoms with Gasteiger partial charge in [-0.25, -0.2) is 8.42 Å². The van der Waals surface area contributed by atoms with E-state index >= 15 is 0 Å². The van der Waals surface area contributed by atoms with Gasteiger partial charge in [0.15, 0.2) is 0 Å². The lowest BCUT2D eigenvalue weighted by molar-refractivity contribution is -0.122. The van der Waals surface area contributed by atoms with Crippen molar-refractivity contribution in [3.8, 4) is 5.75 Å². The maximum Gasteiger partial charge on any atom is 0.244 e. The van der Waals surface area contributed by atoms with Crippen LogP contribution in [0.3, 0.4) is 0 Å². The lowest BCUT2D eigenvalue weighted by atomic mass is 9.88. The van der Waals surface area contributed by atoms with Crippen LogP contribution in [-0.2, 0) is 27.7 Å². The highest BCUT2D eigenvalue weighted by Gasteiger charge is 2.30. The van der Waals surface area contributed by atoms with Crippen molar-refractivity contribution < 1.29 is 17.9 Å². The highest BCUT2D eigenvalue weighted by atomic mass is 32.2. The van der Waals surface area contributed by atoms with Gasteiger partial charge in [-0.15, -0.1) is 0 Å². The molecule has 0 spiro atoms. The van der Waals surface area contributed by atoms with Gasteiger partial charge in [0, 0.05) is 0 Å². The summed E-state index contributed by atoms with van der Waals surface area (Å²) < 4.78 is 31.8. The third-order valence-electron chi connectivity index (χ3n) is 5.99. The molecule has 0 aliphatic heterocycles. The number of amides is 1.